The van der Waals surface area contributed by atoms with Gasteiger partial charge in [0.05, 0.1) is 12.2 Å². The van der Waals surface area contributed by atoms with Gasteiger partial charge in [-0.05, 0) is 33.8 Å². The summed E-state index contributed by atoms with van der Waals surface area (Å²) < 4.78 is 6.55. The van der Waals surface area contributed by atoms with Crippen LogP contribution in [-0.2, 0) is 20.9 Å². The lowest BCUT2D eigenvalue weighted by molar-refractivity contribution is -0.155. The normalized spacial score (nSPS) is 14.4. The van der Waals surface area contributed by atoms with Crippen LogP contribution in [0.15, 0.2) is 10.9 Å². The van der Waals surface area contributed by atoms with Crippen LogP contribution >= 0.6 is 0 Å². The zero-order valence-corrected chi connectivity index (χ0v) is 13.5. The highest BCUT2D eigenvalue weighted by Gasteiger charge is 2.25. The number of nitrogens with one attached hydrogen (secondary N) is 1. The van der Waals surface area contributed by atoms with E-state index in [0.717, 1.165) is 0 Å². The predicted octanol–water partition coefficient (Wildman–Crippen LogP) is 0.887. The number of aromatic nitrogens is 1. The zero-order chi connectivity index (χ0) is 16.7. The summed E-state index contributed by atoms with van der Waals surface area (Å²) in [6, 6.07) is 1.78. The van der Waals surface area contributed by atoms with Crippen molar-refractivity contribution in [2.75, 3.05) is 23.8 Å². The quantitative estimate of drug-likeness (QED) is 0.821. The van der Waals surface area contributed by atoms with E-state index in [2.05, 4.69) is 5.32 Å². The van der Waals surface area contributed by atoms with Crippen molar-refractivity contribution in [3.63, 3.8) is 0 Å². The molecule has 0 saturated carbocycles. The third kappa shape index (κ3) is 3.29. The second kappa shape index (κ2) is 5.47. The summed E-state index contributed by atoms with van der Waals surface area (Å²) in [6.07, 6.45) is 0. The van der Waals surface area contributed by atoms with Crippen molar-refractivity contribution in [2.24, 2.45) is 0 Å². The molecule has 22 heavy (non-hydrogen) atoms. The van der Waals surface area contributed by atoms with Crippen LogP contribution in [0.3, 0.4) is 0 Å². The number of ether oxygens (including phenoxy) is 1. The van der Waals surface area contributed by atoms with Crippen molar-refractivity contribution in [3.05, 3.63) is 22.1 Å². The highest BCUT2D eigenvalue weighted by molar-refractivity contribution is 6.00. The highest BCUT2D eigenvalue weighted by Crippen LogP contribution is 2.25. The maximum absolute atomic E-state index is 12.5. The van der Waals surface area contributed by atoms with Crippen molar-refractivity contribution >= 4 is 23.3 Å². The Balaban J connectivity index is 2.38. The second-order valence-electron chi connectivity index (χ2n) is 6.43. The molecule has 7 nitrogen and oxygen atoms in total. The van der Waals surface area contributed by atoms with Gasteiger partial charge in [-0.25, -0.2) is 0 Å². The van der Waals surface area contributed by atoms with Crippen molar-refractivity contribution < 1.29 is 14.3 Å². The Bertz CT molecular complexity index is 685. The molecule has 0 fully saturated rings. The molecule has 0 unspecified atom stereocenters. The number of pyridine rings is 1. The number of aryl methyl sites for hydroxylation is 1. The lowest BCUT2D eigenvalue weighted by Crippen LogP contribution is -2.41. The van der Waals surface area contributed by atoms with Gasteiger partial charge >= 0.3 is 5.97 Å². The summed E-state index contributed by atoms with van der Waals surface area (Å²) in [5, 5.41) is 2.58. The highest BCUT2D eigenvalue weighted by atomic mass is 16.6. The summed E-state index contributed by atoms with van der Waals surface area (Å²) in [5.41, 5.74) is 0.478. The summed E-state index contributed by atoms with van der Waals surface area (Å²) in [7, 11) is 1.74. The van der Waals surface area contributed by atoms with E-state index >= 15 is 0 Å². The van der Waals surface area contributed by atoms with E-state index in [4.69, 9.17) is 4.74 Å². The van der Waals surface area contributed by atoms with Crippen molar-refractivity contribution in [3.8, 4) is 0 Å². The summed E-state index contributed by atoms with van der Waals surface area (Å²) in [5.74, 6) is -0.743. The largest absolute Gasteiger partial charge is 0.459 e. The topological polar surface area (TPSA) is 80.6 Å². The number of hydrogen-bond acceptors (Lipinski definition) is 5. The lowest BCUT2D eigenvalue weighted by Gasteiger charge is -2.28. The molecular formula is C15H21N3O4. The van der Waals surface area contributed by atoms with Gasteiger partial charge in [-0.15, -0.1) is 0 Å². The fourth-order valence-electron chi connectivity index (χ4n) is 2.35. The van der Waals surface area contributed by atoms with Gasteiger partial charge < -0.3 is 15.0 Å². The summed E-state index contributed by atoms with van der Waals surface area (Å²) in [6.45, 7) is 7.06. The molecular weight excluding hydrogens is 286 g/mol. The minimum atomic E-state index is -0.614. The van der Waals surface area contributed by atoms with E-state index < -0.39 is 17.1 Å². The van der Waals surface area contributed by atoms with E-state index in [1.165, 1.54) is 4.57 Å². The number of fused-ring (bicyclic) bond motifs is 1. The number of hydrogen-bond donors (Lipinski definition) is 1. The molecule has 0 saturated heterocycles. The Morgan fingerprint density at radius 3 is 2.59 bits per heavy atom. The smallest absolute Gasteiger partial charge is 0.326 e. The minimum Gasteiger partial charge on any atom is -0.459 e. The van der Waals surface area contributed by atoms with Gasteiger partial charge in [-0.1, -0.05) is 0 Å². The Kier molecular flexibility index (Phi) is 4.00. The third-order valence-corrected chi connectivity index (χ3v) is 3.25. The van der Waals surface area contributed by atoms with Crippen LogP contribution in [0.4, 0.5) is 11.4 Å². The molecule has 1 amide bonds. The van der Waals surface area contributed by atoms with Gasteiger partial charge in [-0.2, -0.15) is 0 Å². The minimum absolute atomic E-state index is 0.186. The molecule has 1 N–H and O–H groups in total. The Morgan fingerprint density at radius 2 is 2.00 bits per heavy atom. The Morgan fingerprint density at radius 1 is 1.36 bits per heavy atom. The first-order valence-electron chi connectivity index (χ1n) is 7.06. The number of rotatable bonds is 2. The van der Waals surface area contributed by atoms with Crippen LogP contribution in [0.2, 0.25) is 0 Å². The molecule has 1 aliphatic rings. The summed E-state index contributed by atoms with van der Waals surface area (Å²) >= 11 is 0. The van der Waals surface area contributed by atoms with Crippen molar-refractivity contribution in [2.45, 2.75) is 39.8 Å². The number of esters is 1. The van der Waals surface area contributed by atoms with Gasteiger partial charge in [0.1, 0.15) is 17.8 Å². The zero-order valence-electron chi connectivity index (χ0n) is 13.5. The molecule has 0 aromatic carbocycles. The van der Waals surface area contributed by atoms with Gasteiger partial charge in [0, 0.05) is 12.7 Å². The molecule has 1 aliphatic heterocycles. The van der Waals surface area contributed by atoms with E-state index in [-0.39, 0.29) is 24.7 Å². The van der Waals surface area contributed by atoms with Crippen molar-refractivity contribution in [1.29, 1.82) is 0 Å². The first-order chi connectivity index (χ1) is 10.1. The lowest BCUT2D eigenvalue weighted by atomic mass is 10.2. The average Bonchev–Trinajstić information content (AvgIpc) is 2.34. The van der Waals surface area contributed by atoms with E-state index in [0.29, 0.717) is 11.4 Å². The molecule has 0 aliphatic carbocycles. The first kappa shape index (κ1) is 16.1. The van der Waals surface area contributed by atoms with Gasteiger partial charge in [0.25, 0.3) is 5.56 Å². The predicted molar refractivity (Wildman–Crippen MR) is 83.2 cm³/mol. The first-order valence-corrected chi connectivity index (χ1v) is 7.06. The van der Waals surface area contributed by atoms with Crippen LogP contribution in [-0.4, -0.2) is 35.6 Å². The maximum Gasteiger partial charge on any atom is 0.326 e. The van der Waals surface area contributed by atoms with Crippen LogP contribution in [0.5, 0.6) is 0 Å². The molecule has 0 radical (unpaired) electrons. The molecule has 120 valence electrons. The molecule has 0 atom stereocenters. The molecule has 1 aromatic rings. The SMILES string of the molecule is Cc1cc2c(c(=O)n1CC(=O)OC(C)(C)C)NC(=O)CN2C. The number of carbonyl (C=O) groups excluding carboxylic acids is 2. The number of anilines is 2. The number of carbonyl (C=O) groups is 2. The van der Waals surface area contributed by atoms with Crippen molar-refractivity contribution in [1.82, 2.24) is 4.57 Å². The maximum atomic E-state index is 12.5. The fourth-order valence-corrected chi connectivity index (χ4v) is 2.35. The molecule has 0 bridgehead atoms. The Hall–Kier alpha value is -2.31. The van der Waals surface area contributed by atoms with E-state index in [1.807, 2.05) is 0 Å². The van der Waals surface area contributed by atoms with Gasteiger partial charge in [0.2, 0.25) is 5.91 Å². The van der Waals surface area contributed by atoms with E-state index in [9.17, 15) is 14.4 Å². The third-order valence-electron chi connectivity index (χ3n) is 3.25. The summed E-state index contributed by atoms with van der Waals surface area (Å²) in [4.78, 5) is 37.8. The average molecular weight is 307 g/mol. The monoisotopic (exact) mass is 307 g/mol. The second-order valence-corrected chi connectivity index (χ2v) is 6.43. The molecule has 2 rings (SSSR count). The number of amides is 1. The number of nitrogens with zero attached hydrogens (tertiary/aromatic N) is 2. The fraction of sp³-hybridized carbons (Fsp3) is 0.533. The Labute approximate surface area is 128 Å². The van der Waals surface area contributed by atoms with Gasteiger partial charge in [0.15, 0.2) is 0 Å². The van der Waals surface area contributed by atoms with Gasteiger partial charge in [-0.3, -0.25) is 19.0 Å². The molecule has 2 heterocycles. The number of likely N-dealkylation sites (N-methyl/N-ethyl adjacent to an activating group) is 1. The molecule has 1 aromatic heterocycles. The van der Waals surface area contributed by atoms with Crippen LogP contribution < -0.4 is 15.8 Å². The standard InChI is InChI=1S/C15H21N3O4/c1-9-6-10-13(16-11(19)7-17(10)5)14(21)18(9)8-12(20)22-15(2,3)4/h6H,7-8H2,1-5H3,(H,16,19). The van der Waals surface area contributed by atoms with Crippen LogP contribution in [0.1, 0.15) is 26.5 Å². The van der Waals surface area contributed by atoms with Crippen LogP contribution in [0.25, 0.3) is 0 Å². The van der Waals surface area contributed by atoms with E-state index in [1.54, 1.807) is 45.7 Å². The molecule has 7 heteroatoms. The van der Waals surface area contributed by atoms with Crippen LogP contribution in [0, 0.1) is 6.92 Å². The molecule has 0 spiro atoms.